The molecule has 0 spiro atoms. The molecule has 0 fully saturated rings. The van der Waals surface area contributed by atoms with Crippen molar-refractivity contribution in [3.05, 3.63) is 57.1 Å². The van der Waals surface area contributed by atoms with Gasteiger partial charge >= 0.3 is 0 Å². The molecule has 38 heavy (non-hydrogen) atoms. The minimum atomic E-state index is -2.92. The van der Waals surface area contributed by atoms with Crippen LogP contribution in [0.15, 0.2) is 30.6 Å². The minimum Gasteiger partial charge on any atom is -0.494 e. The molecule has 0 bridgehead atoms. The van der Waals surface area contributed by atoms with Crippen molar-refractivity contribution in [2.75, 3.05) is 56.7 Å². The number of halogens is 2. The van der Waals surface area contributed by atoms with Crippen molar-refractivity contribution in [2.24, 2.45) is 0 Å². The zero-order valence-electron chi connectivity index (χ0n) is 26.9. The molecule has 14 heteroatoms. The standard InChI is InChI=1S/C24H30ClFN8O4/c1-24(2,35)14-9-16(26)15(25)10-17(14)29-22-27-13-28-23(31-22)30-18-11-20(34(36)37)19(12-21(18)38-6)33(5)8-7-32(3)4/h9-13,35H,7-8H2,1-6H3,(H2,27,28,29,30,31)/i3D3,4D3. The second-order valence-electron chi connectivity index (χ2n) is 8.63. The molecular weight excluding hydrogens is 519 g/mol. The zero-order valence-corrected chi connectivity index (χ0v) is 21.7. The number of likely N-dealkylation sites (N-methyl/N-ethyl adjacent to an activating group) is 2. The van der Waals surface area contributed by atoms with Crippen molar-refractivity contribution in [1.29, 1.82) is 0 Å². The molecule has 0 saturated heterocycles. The van der Waals surface area contributed by atoms with Gasteiger partial charge in [-0.05, 0) is 39.9 Å². The lowest BCUT2D eigenvalue weighted by atomic mass is 9.96. The van der Waals surface area contributed by atoms with E-state index in [0.717, 1.165) is 18.5 Å². The molecule has 0 aliphatic rings. The summed E-state index contributed by atoms with van der Waals surface area (Å²) in [6, 6.07) is 4.82. The second kappa shape index (κ2) is 11.7. The Kier molecular flexibility index (Phi) is 6.52. The van der Waals surface area contributed by atoms with Crippen molar-refractivity contribution < 1.29 is 27.4 Å². The predicted octanol–water partition coefficient (Wildman–Crippen LogP) is 4.29. The minimum absolute atomic E-state index is 0.0266. The third kappa shape index (κ3) is 6.94. The summed E-state index contributed by atoms with van der Waals surface area (Å²) in [5.74, 6) is -0.721. The van der Waals surface area contributed by atoms with Crippen LogP contribution in [0.1, 0.15) is 27.6 Å². The van der Waals surface area contributed by atoms with Gasteiger partial charge in [-0.3, -0.25) is 10.1 Å². The Balaban J connectivity index is 1.92. The lowest BCUT2D eigenvalue weighted by Crippen LogP contribution is -2.29. The van der Waals surface area contributed by atoms with E-state index in [-0.39, 0.29) is 51.8 Å². The Hall–Kier alpha value is -3.81. The predicted molar refractivity (Wildman–Crippen MR) is 145 cm³/mol. The van der Waals surface area contributed by atoms with Gasteiger partial charge in [-0.1, -0.05) is 11.6 Å². The van der Waals surface area contributed by atoms with Gasteiger partial charge in [0, 0.05) is 51.7 Å². The van der Waals surface area contributed by atoms with Gasteiger partial charge in [-0.25, -0.2) is 14.4 Å². The van der Waals surface area contributed by atoms with Crippen LogP contribution in [0.2, 0.25) is 5.02 Å². The van der Waals surface area contributed by atoms with Crippen LogP contribution in [0, 0.1) is 15.9 Å². The topological polar surface area (TPSA) is 142 Å². The highest BCUT2D eigenvalue weighted by molar-refractivity contribution is 6.31. The first kappa shape index (κ1) is 21.2. The maximum atomic E-state index is 14.1. The first-order chi connectivity index (χ1) is 20.2. The number of methoxy groups -OCH3 is 1. The van der Waals surface area contributed by atoms with Gasteiger partial charge in [0.2, 0.25) is 11.9 Å². The maximum Gasteiger partial charge on any atom is 0.294 e. The third-order valence-corrected chi connectivity index (χ3v) is 5.64. The molecule has 0 amide bonds. The molecule has 1 heterocycles. The number of nitrogens with one attached hydrogen (secondary N) is 2. The van der Waals surface area contributed by atoms with E-state index in [2.05, 4.69) is 25.6 Å². The number of hydrogen-bond acceptors (Lipinski definition) is 11. The average molecular weight is 555 g/mol. The van der Waals surface area contributed by atoms with E-state index < -0.39 is 42.5 Å². The SMILES string of the molecule is [2H]C([2H])([2H])N(CCN(C)c1cc(OC)c(Nc2ncnc(Nc3cc(Cl)c(F)cc3C(C)(C)O)n2)cc1[N+](=O)[O-])C([2H])([2H])[2H]. The smallest absolute Gasteiger partial charge is 0.294 e. The first-order valence-electron chi connectivity index (χ1n) is 14.0. The Labute approximate surface area is 233 Å². The highest BCUT2D eigenvalue weighted by atomic mass is 35.5. The molecule has 3 aromatic rings. The number of nitro benzene ring substituents is 1. The Morgan fingerprint density at radius 3 is 2.42 bits per heavy atom. The van der Waals surface area contributed by atoms with Crippen LogP contribution in [0.5, 0.6) is 5.75 Å². The Morgan fingerprint density at radius 2 is 1.84 bits per heavy atom. The van der Waals surface area contributed by atoms with Gasteiger partial charge in [0.25, 0.3) is 5.69 Å². The van der Waals surface area contributed by atoms with Crippen LogP contribution in [-0.4, -0.2) is 71.1 Å². The quantitative estimate of drug-likeness (QED) is 0.231. The largest absolute Gasteiger partial charge is 0.494 e. The van der Waals surface area contributed by atoms with E-state index in [1.54, 1.807) is 0 Å². The molecule has 1 aromatic heterocycles. The summed E-state index contributed by atoms with van der Waals surface area (Å²) in [6.45, 7) is -3.55. The third-order valence-electron chi connectivity index (χ3n) is 5.35. The van der Waals surface area contributed by atoms with Crippen molar-refractivity contribution in [3.63, 3.8) is 0 Å². The van der Waals surface area contributed by atoms with Crippen molar-refractivity contribution in [1.82, 2.24) is 19.9 Å². The summed E-state index contributed by atoms with van der Waals surface area (Å²) in [6.07, 6.45) is 1.14. The lowest BCUT2D eigenvalue weighted by molar-refractivity contribution is -0.384. The van der Waals surface area contributed by atoms with Crippen molar-refractivity contribution in [2.45, 2.75) is 19.4 Å². The van der Waals surface area contributed by atoms with Gasteiger partial charge in [0.1, 0.15) is 23.6 Å². The summed E-state index contributed by atoms with van der Waals surface area (Å²) < 4.78 is 64.7. The van der Waals surface area contributed by atoms with Crippen LogP contribution >= 0.6 is 11.6 Å². The normalized spacial score (nSPS) is 14.4. The molecule has 2 aromatic carbocycles. The van der Waals surface area contributed by atoms with Crippen LogP contribution < -0.4 is 20.3 Å². The number of hydrogen-bond donors (Lipinski definition) is 3. The molecule has 3 N–H and O–H groups in total. The summed E-state index contributed by atoms with van der Waals surface area (Å²) >= 11 is 5.94. The monoisotopic (exact) mass is 554 g/mol. The molecule has 0 aliphatic carbocycles. The van der Waals surface area contributed by atoms with Crippen LogP contribution in [0.3, 0.4) is 0 Å². The number of anilines is 5. The number of aromatic nitrogens is 3. The Bertz CT molecular complexity index is 1510. The van der Waals surface area contributed by atoms with Crippen molar-refractivity contribution >= 4 is 46.2 Å². The molecular formula is C24H30ClFN8O4. The molecule has 3 rings (SSSR count). The van der Waals surface area contributed by atoms with Gasteiger partial charge in [0.15, 0.2) is 0 Å². The Morgan fingerprint density at radius 1 is 1.18 bits per heavy atom. The van der Waals surface area contributed by atoms with E-state index in [9.17, 15) is 19.6 Å². The van der Waals surface area contributed by atoms with Gasteiger partial charge in [-0.15, -0.1) is 0 Å². The number of aliphatic hydroxyl groups is 1. The first-order valence-corrected chi connectivity index (χ1v) is 11.4. The average Bonchev–Trinajstić information content (AvgIpc) is 2.88. The molecule has 12 nitrogen and oxygen atoms in total. The number of ether oxygens (including phenoxy) is 1. The second-order valence-corrected chi connectivity index (χ2v) is 9.03. The van der Waals surface area contributed by atoms with E-state index in [1.165, 1.54) is 45.0 Å². The van der Waals surface area contributed by atoms with Gasteiger partial charge in [-0.2, -0.15) is 4.98 Å². The summed E-state index contributed by atoms with van der Waals surface area (Å²) in [7, 11) is 2.76. The van der Waals surface area contributed by atoms with Crippen LogP contribution in [0.25, 0.3) is 0 Å². The van der Waals surface area contributed by atoms with Crippen molar-refractivity contribution in [3.8, 4) is 5.75 Å². The van der Waals surface area contributed by atoms with Gasteiger partial charge in [0.05, 0.1) is 28.3 Å². The summed E-state index contributed by atoms with van der Waals surface area (Å²) in [5, 5.41) is 28.0. The zero-order chi connectivity index (χ0) is 33.2. The van der Waals surface area contributed by atoms with Crippen LogP contribution in [0.4, 0.5) is 39.0 Å². The lowest BCUT2D eigenvalue weighted by Gasteiger charge is -2.23. The van der Waals surface area contributed by atoms with E-state index in [0.29, 0.717) is 4.90 Å². The molecule has 0 saturated carbocycles. The van der Waals surface area contributed by atoms with Gasteiger partial charge < -0.3 is 30.3 Å². The number of rotatable bonds is 11. The van der Waals surface area contributed by atoms with E-state index in [4.69, 9.17) is 24.6 Å². The fourth-order valence-corrected chi connectivity index (χ4v) is 3.62. The fourth-order valence-electron chi connectivity index (χ4n) is 3.46. The van der Waals surface area contributed by atoms with E-state index in [1.807, 2.05) is 0 Å². The molecule has 0 aliphatic heterocycles. The highest BCUT2D eigenvalue weighted by Crippen LogP contribution is 2.39. The number of benzene rings is 2. The molecule has 0 radical (unpaired) electrons. The summed E-state index contributed by atoms with van der Waals surface area (Å²) in [5.41, 5.74) is -1.36. The van der Waals surface area contributed by atoms with Crippen LogP contribution in [-0.2, 0) is 5.60 Å². The molecule has 0 atom stereocenters. The molecule has 204 valence electrons. The number of nitro groups is 1. The highest BCUT2D eigenvalue weighted by Gasteiger charge is 2.24. The fraction of sp³-hybridized carbons (Fsp3) is 0.375. The molecule has 0 unspecified atom stereocenters. The summed E-state index contributed by atoms with van der Waals surface area (Å²) in [4.78, 5) is 25.3. The number of nitrogens with zero attached hydrogens (tertiary/aromatic N) is 6. The van der Waals surface area contributed by atoms with E-state index >= 15 is 0 Å². The maximum absolute atomic E-state index is 14.1.